The Morgan fingerprint density at radius 3 is 2.40 bits per heavy atom. The zero-order valence-electron chi connectivity index (χ0n) is 12.4. The molecule has 20 heavy (non-hydrogen) atoms. The zero-order chi connectivity index (χ0) is 14.5. The predicted octanol–water partition coefficient (Wildman–Crippen LogP) is 3.44. The highest BCUT2D eigenvalue weighted by Crippen LogP contribution is 2.25. The minimum absolute atomic E-state index is 0.288. The van der Waals surface area contributed by atoms with Gasteiger partial charge in [-0.25, -0.2) is 0 Å². The Morgan fingerprint density at radius 1 is 1.15 bits per heavy atom. The van der Waals surface area contributed by atoms with Gasteiger partial charge in [-0.3, -0.25) is 0 Å². The standard InChI is InChI=1S/C15H21N3OS/c1-5-16-14(9-20-15-18-17-12(4)19-15)13-7-10(2)6-11(3)8-13/h6-8,14,16H,5,9H2,1-4H3. The molecule has 0 radical (unpaired) electrons. The average Bonchev–Trinajstić information content (AvgIpc) is 2.79. The molecule has 1 atom stereocenters. The van der Waals surface area contributed by atoms with E-state index in [4.69, 9.17) is 4.42 Å². The molecule has 0 spiro atoms. The van der Waals surface area contributed by atoms with Crippen molar-refractivity contribution < 1.29 is 4.42 Å². The highest BCUT2D eigenvalue weighted by atomic mass is 32.2. The highest BCUT2D eigenvalue weighted by Gasteiger charge is 2.14. The number of rotatable bonds is 6. The second kappa shape index (κ2) is 6.90. The molecule has 0 saturated carbocycles. The molecule has 2 rings (SSSR count). The van der Waals surface area contributed by atoms with Crippen LogP contribution in [0.3, 0.4) is 0 Å². The third kappa shape index (κ3) is 4.08. The van der Waals surface area contributed by atoms with E-state index < -0.39 is 0 Å². The Kier molecular flexibility index (Phi) is 5.20. The summed E-state index contributed by atoms with van der Waals surface area (Å²) in [5.41, 5.74) is 3.90. The monoisotopic (exact) mass is 291 g/mol. The lowest BCUT2D eigenvalue weighted by molar-refractivity contribution is 0.428. The van der Waals surface area contributed by atoms with Gasteiger partial charge < -0.3 is 9.73 Å². The molecule has 5 heteroatoms. The van der Waals surface area contributed by atoms with Crippen molar-refractivity contribution in [2.24, 2.45) is 0 Å². The number of thioether (sulfide) groups is 1. The molecule has 1 aromatic heterocycles. The lowest BCUT2D eigenvalue weighted by Gasteiger charge is -2.18. The Balaban J connectivity index is 2.09. The number of aryl methyl sites for hydroxylation is 3. The predicted molar refractivity (Wildman–Crippen MR) is 82.1 cm³/mol. The van der Waals surface area contributed by atoms with Crippen molar-refractivity contribution in [2.75, 3.05) is 12.3 Å². The maximum Gasteiger partial charge on any atom is 0.276 e. The SMILES string of the molecule is CCNC(CSc1nnc(C)o1)c1cc(C)cc(C)c1. The summed E-state index contributed by atoms with van der Waals surface area (Å²) in [6, 6.07) is 6.96. The van der Waals surface area contributed by atoms with Crippen molar-refractivity contribution in [3.8, 4) is 0 Å². The Morgan fingerprint density at radius 2 is 1.85 bits per heavy atom. The van der Waals surface area contributed by atoms with E-state index >= 15 is 0 Å². The Labute approximate surface area is 124 Å². The van der Waals surface area contributed by atoms with E-state index in [9.17, 15) is 0 Å². The van der Waals surface area contributed by atoms with Gasteiger partial charge in [0.05, 0.1) is 0 Å². The summed E-state index contributed by atoms with van der Waals surface area (Å²) in [4.78, 5) is 0. The first-order valence-corrected chi connectivity index (χ1v) is 7.81. The quantitative estimate of drug-likeness (QED) is 0.826. The zero-order valence-corrected chi connectivity index (χ0v) is 13.3. The summed E-state index contributed by atoms with van der Waals surface area (Å²) in [7, 11) is 0. The van der Waals surface area contributed by atoms with Gasteiger partial charge in [-0.05, 0) is 26.0 Å². The molecule has 4 nitrogen and oxygen atoms in total. The lowest BCUT2D eigenvalue weighted by atomic mass is 10.0. The third-order valence-corrected chi connectivity index (χ3v) is 3.89. The number of nitrogens with one attached hydrogen (secondary N) is 1. The normalized spacial score (nSPS) is 12.6. The van der Waals surface area contributed by atoms with Crippen LogP contribution in [0.25, 0.3) is 0 Å². The molecule has 1 aromatic carbocycles. The van der Waals surface area contributed by atoms with Gasteiger partial charge in [0, 0.05) is 18.7 Å². The Bertz CT molecular complexity index is 548. The minimum atomic E-state index is 0.288. The van der Waals surface area contributed by atoms with Crippen molar-refractivity contribution in [1.29, 1.82) is 0 Å². The second-order valence-corrected chi connectivity index (χ2v) is 5.90. The summed E-state index contributed by atoms with van der Waals surface area (Å²) in [6.45, 7) is 9.13. The van der Waals surface area contributed by atoms with Crippen LogP contribution in [0.1, 0.15) is 35.5 Å². The van der Waals surface area contributed by atoms with Crippen LogP contribution in [-0.4, -0.2) is 22.5 Å². The molecule has 0 aliphatic heterocycles. The molecule has 0 aliphatic carbocycles. The molecule has 0 amide bonds. The summed E-state index contributed by atoms with van der Waals surface area (Å²) < 4.78 is 5.41. The van der Waals surface area contributed by atoms with Crippen LogP contribution in [0.5, 0.6) is 0 Å². The van der Waals surface area contributed by atoms with Gasteiger partial charge in [-0.15, -0.1) is 10.2 Å². The number of aromatic nitrogens is 2. The van der Waals surface area contributed by atoms with E-state index in [2.05, 4.69) is 54.5 Å². The van der Waals surface area contributed by atoms with Crippen molar-refractivity contribution in [3.05, 3.63) is 40.8 Å². The summed E-state index contributed by atoms with van der Waals surface area (Å²) in [5, 5.41) is 12.0. The van der Waals surface area contributed by atoms with Gasteiger partial charge in [-0.1, -0.05) is 48.0 Å². The van der Waals surface area contributed by atoms with Crippen molar-refractivity contribution in [1.82, 2.24) is 15.5 Å². The van der Waals surface area contributed by atoms with E-state index in [1.165, 1.54) is 16.7 Å². The maximum absolute atomic E-state index is 5.41. The molecule has 0 aliphatic rings. The fraction of sp³-hybridized carbons (Fsp3) is 0.467. The molecule has 1 N–H and O–H groups in total. The second-order valence-electron chi connectivity index (χ2n) is 4.93. The molecular weight excluding hydrogens is 270 g/mol. The molecule has 108 valence electrons. The Hall–Kier alpha value is -1.33. The average molecular weight is 291 g/mol. The van der Waals surface area contributed by atoms with Crippen LogP contribution in [0.2, 0.25) is 0 Å². The number of hydrogen-bond donors (Lipinski definition) is 1. The number of nitrogens with zero attached hydrogens (tertiary/aromatic N) is 2. The topological polar surface area (TPSA) is 51.0 Å². The summed E-state index contributed by atoms with van der Waals surface area (Å²) >= 11 is 1.59. The van der Waals surface area contributed by atoms with Gasteiger partial charge in [0.1, 0.15) is 0 Å². The summed E-state index contributed by atoms with van der Waals surface area (Å²) in [6.07, 6.45) is 0. The van der Waals surface area contributed by atoms with Gasteiger partial charge in [-0.2, -0.15) is 0 Å². The molecule has 0 bridgehead atoms. The van der Waals surface area contributed by atoms with Gasteiger partial charge >= 0.3 is 0 Å². The van der Waals surface area contributed by atoms with Crippen molar-refractivity contribution in [3.63, 3.8) is 0 Å². The van der Waals surface area contributed by atoms with Crippen molar-refractivity contribution >= 4 is 11.8 Å². The van der Waals surface area contributed by atoms with Crippen LogP contribution in [0, 0.1) is 20.8 Å². The van der Waals surface area contributed by atoms with Crippen LogP contribution >= 0.6 is 11.8 Å². The molecular formula is C15H21N3OS. The largest absolute Gasteiger partial charge is 0.416 e. The van der Waals surface area contributed by atoms with E-state index in [0.717, 1.165) is 12.3 Å². The van der Waals surface area contributed by atoms with Crippen LogP contribution < -0.4 is 5.32 Å². The van der Waals surface area contributed by atoms with Gasteiger partial charge in [0.25, 0.3) is 5.22 Å². The molecule has 1 unspecified atom stereocenters. The van der Waals surface area contributed by atoms with E-state index in [0.29, 0.717) is 11.1 Å². The smallest absolute Gasteiger partial charge is 0.276 e. The lowest BCUT2D eigenvalue weighted by Crippen LogP contribution is -2.23. The van der Waals surface area contributed by atoms with Crippen LogP contribution in [0.15, 0.2) is 27.8 Å². The summed E-state index contributed by atoms with van der Waals surface area (Å²) in [5.74, 6) is 1.48. The van der Waals surface area contributed by atoms with Crippen LogP contribution in [0.4, 0.5) is 0 Å². The first-order chi connectivity index (χ1) is 9.58. The first-order valence-electron chi connectivity index (χ1n) is 6.83. The van der Waals surface area contributed by atoms with E-state index in [1.807, 2.05) is 6.92 Å². The highest BCUT2D eigenvalue weighted by molar-refractivity contribution is 7.99. The fourth-order valence-electron chi connectivity index (χ4n) is 2.22. The van der Waals surface area contributed by atoms with E-state index in [1.54, 1.807) is 11.8 Å². The number of benzene rings is 1. The fourth-order valence-corrected chi connectivity index (χ4v) is 3.12. The van der Waals surface area contributed by atoms with Gasteiger partial charge in [0.2, 0.25) is 5.89 Å². The van der Waals surface area contributed by atoms with Gasteiger partial charge in [0.15, 0.2) is 0 Å². The maximum atomic E-state index is 5.41. The molecule has 0 saturated heterocycles. The van der Waals surface area contributed by atoms with Crippen molar-refractivity contribution in [2.45, 2.75) is 39.0 Å². The third-order valence-electron chi connectivity index (χ3n) is 2.98. The molecule has 0 fully saturated rings. The first kappa shape index (κ1) is 15.1. The minimum Gasteiger partial charge on any atom is -0.416 e. The van der Waals surface area contributed by atoms with Crippen LogP contribution in [-0.2, 0) is 0 Å². The molecule has 2 aromatic rings. The molecule has 1 heterocycles. The number of hydrogen-bond acceptors (Lipinski definition) is 5. The van der Waals surface area contributed by atoms with E-state index in [-0.39, 0.29) is 6.04 Å².